The number of benzene rings is 1. The Morgan fingerprint density at radius 3 is 2.52 bits per heavy atom. The monoisotopic (exact) mass is 320 g/mol. The molecule has 1 aromatic rings. The lowest BCUT2D eigenvalue weighted by Crippen LogP contribution is -2.38. The number of ether oxygens (including phenoxy) is 2. The number of amides is 2. The maximum absolute atomic E-state index is 11.6. The quantitative estimate of drug-likeness (QED) is 0.652. The van der Waals surface area contributed by atoms with Gasteiger partial charge in [0.25, 0.3) is 0 Å². The number of nitrogens with one attached hydrogen (secondary N) is 2. The standard InChI is InChI=1S/C18H28N2O3/c1-14-5-3-6-15(2)17(14)23-11-4-9-19-18(21)20-10-12-22-13-16-7-8-16/h3,5-6,16H,4,7-13H2,1-2H3,(H2,19,20,21). The summed E-state index contributed by atoms with van der Waals surface area (Å²) in [5, 5.41) is 5.61. The molecule has 5 nitrogen and oxygen atoms in total. The van der Waals surface area contributed by atoms with Gasteiger partial charge in [0.15, 0.2) is 0 Å². The Bertz CT molecular complexity index is 481. The van der Waals surface area contributed by atoms with E-state index in [2.05, 4.69) is 10.6 Å². The van der Waals surface area contributed by atoms with E-state index in [0.717, 1.165) is 35.8 Å². The van der Waals surface area contributed by atoms with Gasteiger partial charge in [-0.15, -0.1) is 0 Å². The molecule has 5 heteroatoms. The molecule has 0 heterocycles. The Kier molecular flexibility index (Phi) is 7.20. The Balaban J connectivity index is 1.47. The van der Waals surface area contributed by atoms with E-state index in [1.165, 1.54) is 12.8 Å². The molecule has 0 radical (unpaired) electrons. The number of rotatable bonds is 10. The molecular weight excluding hydrogens is 292 g/mol. The number of para-hydroxylation sites is 1. The number of carbonyl (C=O) groups excluding carboxylic acids is 1. The SMILES string of the molecule is Cc1cccc(C)c1OCCCNC(=O)NCCOCC1CC1. The van der Waals surface area contributed by atoms with E-state index in [1.54, 1.807) is 0 Å². The van der Waals surface area contributed by atoms with Crippen molar-refractivity contribution in [2.45, 2.75) is 33.1 Å². The van der Waals surface area contributed by atoms with E-state index in [-0.39, 0.29) is 6.03 Å². The molecule has 1 saturated carbocycles. The number of aryl methyl sites for hydroxylation is 2. The predicted molar refractivity (Wildman–Crippen MR) is 91.0 cm³/mol. The van der Waals surface area contributed by atoms with Gasteiger partial charge in [-0.1, -0.05) is 18.2 Å². The molecule has 128 valence electrons. The highest BCUT2D eigenvalue weighted by Gasteiger charge is 2.20. The normalized spacial score (nSPS) is 13.7. The maximum Gasteiger partial charge on any atom is 0.314 e. The van der Waals surface area contributed by atoms with E-state index >= 15 is 0 Å². The second-order valence-corrected chi connectivity index (χ2v) is 6.12. The average molecular weight is 320 g/mol. The predicted octanol–water partition coefficient (Wildman–Crippen LogP) is 2.80. The van der Waals surface area contributed by atoms with Gasteiger partial charge in [0.05, 0.1) is 13.2 Å². The van der Waals surface area contributed by atoms with Crippen LogP contribution < -0.4 is 15.4 Å². The third kappa shape index (κ3) is 6.91. The van der Waals surface area contributed by atoms with Crippen molar-refractivity contribution >= 4 is 6.03 Å². The molecule has 0 unspecified atom stereocenters. The van der Waals surface area contributed by atoms with Crippen LogP contribution in [-0.4, -0.2) is 38.9 Å². The minimum absolute atomic E-state index is 0.146. The van der Waals surface area contributed by atoms with E-state index in [9.17, 15) is 4.79 Å². The van der Waals surface area contributed by atoms with Gasteiger partial charge in [-0.3, -0.25) is 0 Å². The summed E-state index contributed by atoms with van der Waals surface area (Å²) in [6.07, 6.45) is 3.36. The van der Waals surface area contributed by atoms with Crippen molar-refractivity contribution in [3.05, 3.63) is 29.3 Å². The number of carbonyl (C=O) groups is 1. The van der Waals surface area contributed by atoms with Crippen molar-refractivity contribution in [1.29, 1.82) is 0 Å². The summed E-state index contributed by atoms with van der Waals surface area (Å²) in [5.74, 6) is 1.71. The molecule has 0 saturated heterocycles. The lowest BCUT2D eigenvalue weighted by molar-refractivity contribution is 0.127. The van der Waals surface area contributed by atoms with Crippen LogP contribution in [0.15, 0.2) is 18.2 Å². The Hall–Kier alpha value is -1.75. The first kappa shape index (κ1) is 17.6. The third-order valence-electron chi connectivity index (χ3n) is 3.84. The van der Waals surface area contributed by atoms with E-state index < -0.39 is 0 Å². The fraction of sp³-hybridized carbons (Fsp3) is 0.611. The topological polar surface area (TPSA) is 59.6 Å². The van der Waals surface area contributed by atoms with Crippen molar-refractivity contribution in [2.24, 2.45) is 5.92 Å². The minimum Gasteiger partial charge on any atom is -0.493 e. The highest BCUT2D eigenvalue weighted by Crippen LogP contribution is 2.28. The van der Waals surface area contributed by atoms with Crippen LogP contribution in [0.1, 0.15) is 30.4 Å². The lowest BCUT2D eigenvalue weighted by Gasteiger charge is -2.12. The van der Waals surface area contributed by atoms with Crippen LogP contribution in [0.5, 0.6) is 5.75 Å². The Morgan fingerprint density at radius 1 is 1.13 bits per heavy atom. The second-order valence-electron chi connectivity index (χ2n) is 6.12. The number of hydrogen-bond donors (Lipinski definition) is 2. The number of urea groups is 1. The Morgan fingerprint density at radius 2 is 1.83 bits per heavy atom. The largest absolute Gasteiger partial charge is 0.493 e. The van der Waals surface area contributed by atoms with Crippen molar-refractivity contribution in [1.82, 2.24) is 10.6 Å². The molecule has 0 bridgehead atoms. The summed E-state index contributed by atoms with van der Waals surface area (Å²) in [6, 6.07) is 5.96. The smallest absolute Gasteiger partial charge is 0.314 e. The number of hydrogen-bond acceptors (Lipinski definition) is 3. The van der Waals surface area contributed by atoms with Gasteiger partial charge in [0, 0.05) is 19.7 Å². The first-order valence-electron chi connectivity index (χ1n) is 8.45. The van der Waals surface area contributed by atoms with E-state index in [4.69, 9.17) is 9.47 Å². The molecule has 2 rings (SSSR count). The van der Waals surface area contributed by atoms with Gasteiger partial charge in [-0.25, -0.2) is 4.79 Å². The lowest BCUT2D eigenvalue weighted by atomic mass is 10.1. The fourth-order valence-corrected chi connectivity index (χ4v) is 2.31. The minimum atomic E-state index is -0.146. The Labute approximate surface area is 138 Å². The van der Waals surface area contributed by atoms with Crippen LogP contribution in [0, 0.1) is 19.8 Å². The summed E-state index contributed by atoms with van der Waals surface area (Å²) < 4.78 is 11.3. The van der Waals surface area contributed by atoms with Gasteiger partial charge < -0.3 is 20.1 Å². The molecule has 0 spiro atoms. The fourth-order valence-electron chi connectivity index (χ4n) is 2.31. The third-order valence-corrected chi connectivity index (χ3v) is 3.84. The second kappa shape index (κ2) is 9.40. The summed E-state index contributed by atoms with van der Waals surface area (Å²) in [5.41, 5.74) is 2.28. The van der Waals surface area contributed by atoms with Gasteiger partial charge in [0.2, 0.25) is 0 Å². The van der Waals surface area contributed by atoms with Crippen molar-refractivity contribution in [2.75, 3.05) is 32.9 Å². The molecule has 1 aromatic carbocycles. The van der Waals surface area contributed by atoms with Crippen LogP contribution in [0.3, 0.4) is 0 Å². The van der Waals surface area contributed by atoms with Crippen molar-refractivity contribution in [3.8, 4) is 5.75 Å². The van der Waals surface area contributed by atoms with E-state index in [1.807, 2.05) is 32.0 Å². The highest BCUT2D eigenvalue weighted by atomic mass is 16.5. The van der Waals surface area contributed by atoms with Crippen LogP contribution in [0.4, 0.5) is 4.79 Å². The zero-order valence-electron chi connectivity index (χ0n) is 14.2. The first-order chi connectivity index (χ1) is 11.2. The van der Waals surface area contributed by atoms with E-state index in [0.29, 0.717) is 26.3 Å². The van der Waals surface area contributed by atoms with Crippen molar-refractivity contribution < 1.29 is 14.3 Å². The summed E-state index contributed by atoms with van der Waals surface area (Å²) in [6.45, 7) is 7.24. The molecule has 2 N–H and O–H groups in total. The van der Waals surface area contributed by atoms with Crippen LogP contribution in [0.25, 0.3) is 0 Å². The summed E-state index contributed by atoms with van der Waals surface area (Å²) >= 11 is 0. The summed E-state index contributed by atoms with van der Waals surface area (Å²) in [7, 11) is 0. The molecule has 0 atom stereocenters. The zero-order chi connectivity index (χ0) is 16.5. The average Bonchev–Trinajstić information content (AvgIpc) is 3.33. The van der Waals surface area contributed by atoms with Crippen LogP contribution in [0.2, 0.25) is 0 Å². The van der Waals surface area contributed by atoms with Crippen molar-refractivity contribution in [3.63, 3.8) is 0 Å². The summed E-state index contributed by atoms with van der Waals surface area (Å²) in [4.78, 5) is 11.6. The van der Waals surface area contributed by atoms with Crippen LogP contribution in [-0.2, 0) is 4.74 Å². The molecule has 1 fully saturated rings. The maximum atomic E-state index is 11.6. The highest BCUT2D eigenvalue weighted by molar-refractivity contribution is 5.73. The molecular formula is C18H28N2O3. The first-order valence-corrected chi connectivity index (χ1v) is 8.45. The van der Waals surface area contributed by atoms with Gasteiger partial charge in [-0.05, 0) is 50.2 Å². The van der Waals surface area contributed by atoms with Gasteiger partial charge in [0.1, 0.15) is 5.75 Å². The van der Waals surface area contributed by atoms with Gasteiger partial charge >= 0.3 is 6.03 Å². The molecule has 0 aliphatic heterocycles. The van der Waals surface area contributed by atoms with Crippen LogP contribution >= 0.6 is 0 Å². The zero-order valence-corrected chi connectivity index (χ0v) is 14.2. The molecule has 1 aliphatic carbocycles. The molecule has 23 heavy (non-hydrogen) atoms. The molecule has 0 aromatic heterocycles. The molecule has 2 amide bonds. The van der Waals surface area contributed by atoms with Gasteiger partial charge in [-0.2, -0.15) is 0 Å². The molecule has 1 aliphatic rings.